The molecule has 0 bridgehead atoms. The monoisotopic (exact) mass is 458 g/mol. The Hall–Kier alpha value is -2.52. The molecule has 10 heteroatoms. The van der Waals surface area contributed by atoms with Crippen LogP contribution in [0.3, 0.4) is 0 Å². The van der Waals surface area contributed by atoms with Crippen LogP contribution in [0.5, 0.6) is 5.75 Å². The Bertz CT molecular complexity index is 1000. The molecular weight excluding hydrogens is 428 g/mol. The Labute approximate surface area is 193 Å². The Balaban J connectivity index is 1.83. The smallest absolute Gasteiger partial charge is 0.215 e. The van der Waals surface area contributed by atoms with Crippen molar-refractivity contribution in [2.45, 2.75) is 64.3 Å². The molecule has 2 heterocycles. The van der Waals surface area contributed by atoms with E-state index in [2.05, 4.69) is 65.4 Å². The topological polar surface area (TPSA) is 86.8 Å². The van der Waals surface area contributed by atoms with Crippen molar-refractivity contribution >= 4 is 11.6 Å². The second-order valence-electron chi connectivity index (χ2n) is 9.73. The molecule has 9 nitrogen and oxygen atoms in total. The van der Waals surface area contributed by atoms with Crippen LogP contribution in [0.4, 0.5) is 0 Å². The Morgan fingerprint density at radius 3 is 2.38 bits per heavy atom. The first kappa shape index (κ1) is 22.7. The summed E-state index contributed by atoms with van der Waals surface area (Å²) in [6, 6.07) is 7.06. The maximum absolute atomic E-state index is 6.51. The van der Waals surface area contributed by atoms with E-state index in [1.54, 1.807) is 11.0 Å². The van der Waals surface area contributed by atoms with Gasteiger partial charge in [0.25, 0.3) is 0 Å². The molecule has 1 fully saturated rings. The molecule has 172 valence electrons. The molecular formula is C22H31ClN8O. The van der Waals surface area contributed by atoms with Gasteiger partial charge in [0.1, 0.15) is 24.4 Å². The largest absolute Gasteiger partial charge is 0.466 e. The van der Waals surface area contributed by atoms with Gasteiger partial charge in [-0.05, 0) is 67.0 Å². The highest BCUT2D eigenvalue weighted by Crippen LogP contribution is 2.46. The predicted molar refractivity (Wildman–Crippen MR) is 121 cm³/mol. The summed E-state index contributed by atoms with van der Waals surface area (Å²) in [5, 5.41) is 18.3. The lowest BCUT2D eigenvalue weighted by Crippen LogP contribution is -2.45. The predicted octanol–water partition coefficient (Wildman–Crippen LogP) is 4.11. The van der Waals surface area contributed by atoms with Gasteiger partial charge in [-0.2, -0.15) is 5.10 Å². The second-order valence-corrected chi connectivity index (χ2v) is 10.2. The lowest BCUT2D eigenvalue weighted by atomic mass is 9.84. The zero-order valence-corrected chi connectivity index (χ0v) is 20.1. The van der Waals surface area contributed by atoms with E-state index in [4.69, 9.17) is 16.3 Å². The molecule has 4 rings (SSSR count). The minimum atomic E-state index is -0.526. The molecule has 0 unspecified atom stereocenters. The van der Waals surface area contributed by atoms with E-state index in [1.807, 2.05) is 28.9 Å². The van der Waals surface area contributed by atoms with Crippen LogP contribution in [0.2, 0.25) is 5.02 Å². The number of hydrogen-bond acceptors (Lipinski definition) is 7. The van der Waals surface area contributed by atoms with Crippen molar-refractivity contribution in [3.05, 3.63) is 47.8 Å². The van der Waals surface area contributed by atoms with Gasteiger partial charge in [0.05, 0.1) is 5.54 Å². The first-order valence-electron chi connectivity index (χ1n) is 10.9. The normalized spacial score (nSPS) is 18.1. The van der Waals surface area contributed by atoms with Crippen molar-refractivity contribution in [3.63, 3.8) is 0 Å². The van der Waals surface area contributed by atoms with Crippen molar-refractivity contribution in [2.24, 2.45) is 5.41 Å². The van der Waals surface area contributed by atoms with E-state index in [0.29, 0.717) is 10.8 Å². The van der Waals surface area contributed by atoms with E-state index >= 15 is 0 Å². The van der Waals surface area contributed by atoms with Crippen molar-refractivity contribution in [1.82, 2.24) is 39.9 Å². The molecule has 2 aromatic heterocycles. The van der Waals surface area contributed by atoms with Crippen molar-refractivity contribution in [3.8, 4) is 5.75 Å². The van der Waals surface area contributed by atoms with Crippen LogP contribution in [0, 0.1) is 5.41 Å². The Kier molecular flexibility index (Phi) is 6.22. The fraction of sp³-hybridized carbons (Fsp3) is 0.591. The van der Waals surface area contributed by atoms with Gasteiger partial charge in [-0.25, -0.2) is 14.3 Å². The summed E-state index contributed by atoms with van der Waals surface area (Å²) in [6.07, 6.45) is 6.99. The maximum atomic E-state index is 6.51. The molecule has 0 spiro atoms. The molecule has 0 amide bonds. The molecule has 1 saturated carbocycles. The molecule has 1 aliphatic carbocycles. The van der Waals surface area contributed by atoms with Crippen LogP contribution in [0.25, 0.3) is 0 Å². The molecule has 2 atom stereocenters. The van der Waals surface area contributed by atoms with Gasteiger partial charge < -0.3 is 4.74 Å². The molecule has 0 aliphatic heterocycles. The van der Waals surface area contributed by atoms with E-state index in [0.717, 1.165) is 31.5 Å². The van der Waals surface area contributed by atoms with Gasteiger partial charge >= 0.3 is 0 Å². The quantitative estimate of drug-likeness (QED) is 0.526. The molecule has 1 aromatic carbocycles. The zero-order valence-electron chi connectivity index (χ0n) is 19.3. The first-order chi connectivity index (χ1) is 15.2. The van der Waals surface area contributed by atoms with Crippen molar-refractivity contribution in [1.29, 1.82) is 0 Å². The summed E-state index contributed by atoms with van der Waals surface area (Å²) in [5.74, 6) is 1.55. The first-order valence-corrected chi connectivity index (χ1v) is 11.3. The Morgan fingerprint density at radius 2 is 1.81 bits per heavy atom. The molecule has 1 aliphatic rings. The van der Waals surface area contributed by atoms with Gasteiger partial charge in [-0.1, -0.05) is 45.2 Å². The summed E-state index contributed by atoms with van der Waals surface area (Å²) < 4.78 is 10.2. The van der Waals surface area contributed by atoms with Gasteiger partial charge in [0.2, 0.25) is 6.23 Å². The summed E-state index contributed by atoms with van der Waals surface area (Å²) in [4.78, 5) is 6.42. The van der Waals surface area contributed by atoms with Gasteiger partial charge in [-0.15, -0.1) is 5.10 Å². The zero-order chi connectivity index (χ0) is 22.9. The van der Waals surface area contributed by atoms with E-state index in [9.17, 15) is 0 Å². The molecule has 0 radical (unpaired) electrons. The highest BCUT2D eigenvalue weighted by Gasteiger charge is 2.47. The summed E-state index contributed by atoms with van der Waals surface area (Å²) in [7, 11) is 4.21. The second kappa shape index (κ2) is 8.78. The number of halogens is 1. The third-order valence-electron chi connectivity index (χ3n) is 6.38. The highest BCUT2D eigenvalue weighted by atomic mass is 35.5. The van der Waals surface area contributed by atoms with E-state index in [-0.39, 0.29) is 17.0 Å². The van der Waals surface area contributed by atoms with Crippen molar-refractivity contribution < 1.29 is 4.74 Å². The van der Waals surface area contributed by atoms with Gasteiger partial charge in [0, 0.05) is 5.02 Å². The fourth-order valence-electron chi connectivity index (χ4n) is 4.70. The number of aromatic nitrogens is 7. The highest BCUT2D eigenvalue weighted by molar-refractivity contribution is 6.30. The van der Waals surface area contributed by atoms with Crippen LogP contribution in [-0.2, 0) is 5.54 Å². The maximum Gasteiger partial charge on any atom is 0.215 e. The molecule has 0 saturated heterocycles. The third kappa shape index (κ3) is 4.23. The minimum absolute atomic E-state index is 0.208. The molecule has 3 aromatic rings. The van der Waals surface area contributed by atoms with Gasteiger partial charge in [0.15, 0.2) is 5.82 Å². The van der Waals surface area contributed by atoms with Crippen LogP contribution in [-0.4, -0.2) is 54.0 Å². The SMILES string of the molecule is CN(C)C1(c2nnnn2[C@@H]([C@H](Oc2ccc(Cl)cc2)n2cncn2)C(C)(C)C)CCCC1. The number of tetrazole rings is 1. The summed E-state index contributed by atoms with van der Waals surface area (Å²) >= 11 is 6.08. The van der Waals surface area contributed by atoms with Gasteiger partial charge in [-0.3, -0.25) is 4.90 Å². The van der Waals surface area contributed by atoms with E-state index < -0.39 is 6.23 Å². The summed E-state index contributed by atoms with van der Waals surface area (Å²) in [6.45, 7) is 6.49. The average Bonchev–Trinajstić information content (AvgIpc) is 3.49. The standard InChI is InChI=1S/C22H31ClN8O/c1-21(2,3)18(31-20(26-27-28-31)22(29(4)5)12-6-7-13-22)19(30-15-24-14-25-30)32-17-10-8-16(23)9-11-17/h8-11,14-15,18-19H,6-7,12-13H2,1-5H3/t18-,19-/m0/s1. The van der Waals surface area contributed by atoms with Crippen molar-refractivity contribution in [2.75, 3.05) is 14.1 Å². The summed E-state index contributed by atoms with van der Waals surface area (Å²) in [5.41, 5.74) is -0.473. The van der Waals surface area contributed by atoms with E-state index in [1.165, 1.54) is 6.33 Å². The number of nitrogens with zero attached hydrogens (tertiary/aromatic N) is 8. The lowest BCUT2D eigenvalue weighted by molar-refractivity contribution is -0.00585. The van der Waals surface area contributed by atoms with Crippen LogP contribution >= 0.6 is 11.6 Å². The molecule has 32 heavy (non-hydrogen) atoms. The third-order valence-corrected chi connectivity index (χ3v) is 6.64. The number of rotatable bonds is 7. The van der Waals surface area contributed by atoms with Crippen LogP contribution in [0.15, 0.2) is 36.9 Å². The average molecular weight is 459 g/mol. The number of ether oxygens (including phenoxy) is 1. The lowest BCUT2D eigenvalue weighted by Gasteiger charge is -2.40. The minimum Gasteiger partial charge on any atom is -0.466 e. The number of hydrogen-bond donors (Lipinski definition) is 0. The fourth-order valence-corrected chi connectivity index (χ4v) is 4.82. The number of benzene rings is 1. The Morgan fingerprint density at radius 1 is 1.12 bits per heavy atom. The molecule has 0 N–H and O–H groups in total. The van der Waals surface area contributed by atoms with Crippen LogP contribution < -0.4 is 4.74 Å². The van der Waals surface area contributed by atoms with Crippen LogP contribution in [0.1, 0.15) is 64.5 Å².